The highest BCUT2D eigenvalue weighted by molar-refractivity contribution is 4.89. The Bertz CT molecular complexity index is 76.6. The van der Waals surface area contributed by atoms with Gasteiger partial charge in [-0.1, -0.05) is 13.5 Å². The van der Waals surface area contributed by atoms with Gasteiger partial charge in [0.15, 0.2) is 0 Å². The predicted molar refractivity (Wildman–Crippen MR) is 31.3 cm³/mol. The molecule has 0 aliphatic rings. The van der Waals surface area contributed by atoms with Crippen LogP contribution in [0.15, 0.2) is 12.4 Å². The maximum Gasteiger partial charge on any atom is 0.122 e. The lowest BCUT2D eigenvalue weighted by atomic mass is 10.2. The van der Waals surface area contributed by atoms with Crippen molar-refractivity contribution in [1.29, 1.82) is 0 Å². The van der Waals surface area contributed by atoms with Crippen molar-refractivity contribution < 1.29 is 9.13 Å². The van der Waals surface area contributed by atoms with Crippen LogP contribution in [-0.2, 0) is 4.74 Å². The van der Waals surface area contributed by atoms with Crippen LogP contribution in [0.4, 0.5) is 4.39 Å². The number of hydrogen-bond donors (Lipinski definition) is 0. The lowest BCUT2D eigenvalue weighted by Gasteiger charge is -2.07. The fraction of sp³-hybridized carbons (Fsp3) is 0.667. The monoisotopic (exact) mass is 118 g/mol. The summed E-state index contributed by atoms with van der Waals surface area (Å²) in [4.78, 5) is 0. The first-order chi connectivity index (χ1) is 3.72. The first kappa shape index (κ1) is 7.63. The number of ether oxygens (including phenoxy) is 1. The van der Waals surface area contributed by atoms with Gasteiger partial charge in [0.2, 0.25) is 0 Å². The van der Waals surface area contributed by atoms with E-state index in [4.69, 9.17) is 0 Å². The van der Waals surface area contributed by atoms with Crippen LogP contribution < -0.4 is 0 Å². The van der Waals surface area contributed by atoms with E-state index in [1.165, 1.54) is 7.11 Å². The van der Waals surface area contributed by atoms with Crippen molar-refractivity contribution in [3.8, 4) is 0 Å². The highest BCUT2D eigenvalue weighted by Crippen LogP contribution is 2.07. The average molecular weight is 118 g/mol. The van der Waals surface area contributed by atoms with Crippen molar-refractivity contribution in [3.05, 3.63) is 12.4 Å². The largest absolute Gasteiger partial charge is 0.374 e. The second kappa shape index (κ2) is 3.61. The molecule has 0 heterocycles. The second-order valence-corrected chi connectivity index (χ2v) is 1.58. The Balaban J connectivity index is 3.52. The van der Waals surface area contributed by atoms with Crippen LogP contribution in [0.2, 0.25) is 0 Å². The molecule has 0 spiro atoms. The van der Waals surface area contributed by atoms with E-state index in [9.17, 15) is 4.39 Å². The summed E-state index contributed by atoms with van der Waals surface area (Å²) in [5.41, 5.74) is 0. The molecule has 1 nitrogen and oxygen atoms in total. The van der Waals surface area contributed by atoms with Gasteiger partial charge in [0.05, 0.1) is 0 Å². The second-order valence-electron chi connectivity index (χ2n) is 1.58. The summed E-state index contributed by atoms with van der Waals surface area (Å²) in [5, 5.41) is 0. The van der Waals surface area contributed by atoms with Crippen molar-refractivity contribution in [3.63, 3.8) is 0 Å². The molecule has 0 bridgehead atoms. The molecule has 0 saturated carbocycles. The van der Waals surface area contributed by atoms with E-state index < -0.39 is 11.9 Å². The van der Waals surface area contributed by atoms with E-state index in [1.807, 2.05) is 6.92 Å². The van der Waals surface area contributed by atoms with Crippen LogP contribution in [0.1, 0.15) is 13.3 Å². The minimum absolute atomic E-state index is 0.394. The van der Waals surface area contributed by atoms with Gasteiger partial charge in [-0.25, -0.2) is 4.39 Å². The first-order valence-corrected chi connectivity index (χ1v) is 2.59. The van der Waals surface area contributed by atoms with Gasteiger partial charge in [0.25, 0.3) is 0 Å². The lowest BCUT2D eigenvalue weighted by molar-refractivity contribution is 0.110. The summed E-state index contributed by atoms with van der Waals surface area (Å²) in [6.45, 7) is 4.95. The Morgan fingerprint density at radius 3 is 2.38 bits per heavy atom. The molecule has 1 atom stereocenters. The molecule has 0 fully saturated rings. The topological polar surface area (TPSA) is 9.23 Å². The van der Waals surface area contributed by atoms with E-state index in [0.717, 1.165) is 0 Å². The predicted octanol–water partition coefficient (Wildman–Crippen LogP) is 1.89. The van der Waals surface area contributed by atoms with Crippen molar-refractivity contribution in [1.82, 2.24) is 0 Å². The zero-order valence-corrected chi connectivity index (χ0v) is 5.28. The molecule has 0 amide bonds. The minimum atomic E-state index is -0.407. The highest BCUT2D eigenvalue weighted by atomic mass is 19.1. The molecule has 0 saturated heterocycles. The van der Waals surface area contributed by atoms with Gasteiger partial charge in [-0.2, -0.15) is 0 Å². The third-order valence-corrected chi connectivity index (χ3v) is 1.00. The number of halogens is 1. The molecule has 0 N–H and O–H groups in total. The molecule has 0 radical (unpaired) electrons. The van der Waals surface area contributed by atoms with Crippen LogP contribution in [0.25, 0.3) is 0 Å². The Labute approximate surface area is 49.2 Å². The molecule has 0 aliphatic heterocycles. The van der Waals surface area contributed by atoms with E-state index in [1.54, 1.807) is 0 Å². The van der Waals surface area contributed by atoms with Gasteiger partial charge >= 0.3 is 0 Å². The number of rotatable bonds is 3. The first-order valence-electron chi connectivity index (χ1n) is 2.59. The standard InChI is InChI=1S/C6H11FO/c1-4-6(8-3)5(2)7/h6H,2,4H2,1,3H3. The summed E-state index contributed by atoms with van der Waals surface area (Å²) in [7, 11) is 1.47. The molecule has 0 aromatic carbocycles. The van der Waals surface area contributed by atoms with Crippen LogP contribution in [0.3, 0.4) is 0 Å². The molecular weight excluding hydrogens is 107 g/mol. The number of hydrogen-bond acceptors (Lipinski definition) is 1. The lowest BCUT2D eigenvalue weighted by Crippen LogP contribution is -2.07. The van der Waals surface area contributed by atoms with Gasteiger partial charge < -0.3 is 4.74 Å². The highest BCUT2D eigenvalue weighted by Gasteiger charge is 2.05. The molecule has 0 aromatic rings. The van der Waals surface area contributed by atoms with Crippen LogP contribution in [-0.4, -0.2) is 13.2 Å². The fourth-order valence-electron chi connectivity index (χ4n) is 0.516. The molecule has 48 valence electrons. The van der Waals surface area contributed by atoms with E-state index in [2.05, 4.69) is 11.3 Å². The Morgan fingerprint density at radius 1 is 1.88 bits per heavy atom. The Kier molecular flexibility index (Phi) is 3.44. The minimum Gasteiger partial charge on any atom is -0.374 e. The fourth-order valence-corrected chi connectivity index (χ4v) is 0.516. The van der Waals surface area contributed by atoms with Crippen LogP contribution in [0.5, 0.6) is 0 Å². The van der Waals surface area contributed by atoms with Gasteiger partial charge in [0.1, 0.15) is 11.9 Å². The summed E-state index contributed by atoms with van der Waals surface area (Å²) in [5.74, 6) is -0.394. The van der Waals surface area contributed by atoms with Gasteiger partial charge in [-0.05, 0) is 6.42 Å². The zero-order chi connectivity index (χ0) is 6.57. The summed E-state index contributed by atoms with van der Waals surface area (Å²) >= 11 is 0. The maximum atomic E-state index is 12.0. The Morgan fingerprint density at radius 2 is 2.38 bits per heavy atom. The number of methoxy groups -OCH3 is 1. The maximum absolute atomic E-state index is 12.0. The normalized spacial score (nSPS) is 13.4. The molecule has 0 aromatic heterocycles. The summed E-state index contributed by atoms with van der Waals surface area (Å²) < 4.78 is 16.7. The van der Waals surface area contributed by atoms with E-state index in [0.29, 0.717) is 6.42 Å². The van der Waals surface area contributed by atoms with Gasteiger partial charge in [0, 0.05) is 7.11 Å². The van der Waals surface area contributed by atoms with Crippen LogP contribution >= 0.6 is 0 Å². The van der Waals surface area contributed by atoms with Crippen molar-refractivity contribution in [2.75, 3.05) is 7.11 Å². The van der Waals surface area contributed by atoms with Gasteiger partial charge in [-0.3, -0.25) is 0 Å². The zero-order valence-electron chi connectivity index (χ0n) is 5.28. The van der Waals surface area contributed by atoms with Crippen molar-refractivity contribution >= 4 is 0 Å². The molecule has 8 heavy (non-hydrogen) atoms. The molecule has 0 aliphatic carbocycles. The molecule has 0 rings (SSSR count). The van der Waals surface area contributed by atoms with E-state index >= 15 is 0 Å². The van der Waals surface area contributed by atoms with Gasteiger partial charge in [-0.15, -0.1) is 0 Å². The Hall–Kier alpha value is -0.370. The summed E-state index contributed by atoms with van der Waals surface area (Å²) in [6.07, 6.45) is 0.237. The molecule has 2 heteroatoms. The average Bonchev–Trinajstić information content (AvgIpc) is 1.69. The van der Waals surface area contributed by atoms with E-state index in [-0.39, 0.29) is 0 Å². The third kappa shape index (κ3) is 2.07. The molecular formula is C6H11FO. The third-order valence-electron chi connectivity index (χ3n) is 1.00. The smallest absolute Gasteiger partial charge is 0.122 e. The van der Waals surface area contributed by atoms with Crippen LogP contribution in [0, 0.1) is 0 Å². The molecule has 1 unspecified atom stereocenters. The summed E-state index contributed by atoms with van der Waals surface area (Å²) in [6, 6.07) is 0. The quantitative estimate of drug-likeness (QED) is 0.550. The SMILES string of the molecule is C=C(F)C(CC)OC. The van der Waals surface area contributed by atoms with Crippen molar-refractivity contribution in [2.24, 2.45) is 0 Å². The van der Waals surface area contributed by atoms with Crippen molar-refractivity contribution in [2.45, 2.75) is 19.4 Å².